The van der Waals surface area contributed by atoms with Gasteiger partial charge in [0.15, 0.2) is 0 Å². The number of nitrogens with one attached hydrogen (secondary N) is 1. The number of imide groups is 1. The molecular formula is C19H17ClN4O2. The Kier molecular flexibility index (Phi) is 3.92. The highest BCUT2D eigenvalue weighted by Gasteiger charge is 2.51. The van der Waals surface area contributed by atoms with E-state index < -0.39 is 11.6 Å². The topological polar surface area (TPSA) is 66.7 Å². The molecule has 0 spiro atoms. The molecule has 0 unspecified atom stereocenters. The van der Waals surface area contributed by atoms with Crippen molar-refractivity contribution in [2.24, 2.45) is 0 Å². The van der Waals surface area contributed by atoms with Crippen LogP contribution in [0.5, 0.6) is 0 Å². The molecule has 0 saturated carbocycles. The lowest BCUT2D eigenvalue weighted by molar-refractivity contribution is -0.132. The number of hydrogen-bond donors (Lipinski definition) is 1. The number of carbonyl (C=O) groups is 2. The van der Waals surface area contributed by atoms with E-state index >= 15 is 0 Å². The average molecular weight is 369 g/mol. The average Bonchev–Trinajstić information content (AvgIpc) is 3.15. The Morgan fingerprint density at radius 2 is 1.88 bits per heavy atom. The Morgan fingerprint density at radius 1 is 1.12 bits per heavy atom. The van der Waals surface area contributed by atoms with Crippen LogP contribution in [0.15, 0.2) is 54.9 Å². The van der Waals surface area contributed by atoms with Crippen molar-refractivity contribution >= 4 is 29.2 Å². The van der Waals surface area contributed by atoms with Crippen molar-refractivity contribution in [3.8, 4) is 0 Å². The number of carbonyl (C=O) groups excluding carboxylic acids is 2. The summed E-state index contributed by atoms with van der Waals surface area (Å²) in [7, 11) is 0. The van der Waals surface area contributed by atoms with Gasteiger partial charge in [-0.3, -0.25) is 9.69 Å². The minimum Gasteiger partial charge on any atom is -0.319 e. The summed E-state index contributed by atoms with van der Waals surface area (Å²) in [5.74, 6) is -0.258. The molecule has 1 fully saturated rings. The van der Waals surface area contributed by atoms with E-state index in [1.54, 1.807) is 28.9 Å². The van der Waals surface area contributed by atoms with E-state index in [-0.39, 0.29) is 12.5 Å². The van der Waals surface area contributed by atoms with Crippen LogP contribution in [0.3, 0.4) is 0 Å². The molecule has 3 amide bonds. The Hall–Kier alpha value is -2.86. The third-order valence-corrected chi connectivity index (χ3v) is 4.98. The van der Waals surface area contributed by atoms with E-state index in [2.05, 4.69) is 10.3 Å². The second-order valence-electron chi connectivity index (χ2n) is 6.29. The van der Waals surface area contributed by atoms with E-state index in [4.69, 9.17) is 11.6 Å². The molecular weight excluding hydrogens is 352 g/mol. The number of imidazole rings is 1. The zero-order valence-corrected chi connectivity index (χ0v) is 14.9. The third kappa shape index (κ3) is 2.54. The van der Waals surface area contributed by atoms with Crippen molar-refractivity contribution in [3.63, 3.8) is 0 Å². The van der Waals surface area contributed by atoms with Gasteiger partial charge < -0.3 is 9.72 Å². The molecule has 1 atom stereocenters. The van der Waals surface area contributed by atoms with Gasteiger partial charge in [0.25, 0.3) is 5.91 Å². The third-order valence-electron chi connectivity index (χ3n) is 4.76. The van der Waals surface area contributed by atoms with Crippen LogP contribution in [-0.2, 0) is 16.9 Å². The van der Waals surface area contributed by atoms with Gasteiger partial charge in [-0.2, -0.15) is 0 Å². The van der Waals surface area contributed by atoms with E-state index in [1.807, 2.05) is 37.3 Å². The second-order valence-corrected chi connectivity index (χ2v) is 6.73. The van der Waals surface area contributed by atoms with Gasteiger partial charge >= 0.3 is 6.03 Å². The van der Waals surface area contributed by atoms with Gasteiger partial charge in [-0.1, -0.05) is 48.9 Å². The van der Waals surface area contributed by atoms with Crippen molar-refractivity contribution in [1.82, 2.24) is 19.6 Å². The largest absolute Gasteiger partial charge is 0.325 e. The highest BCUT2D eigenvalue weighted by atomic mass is 35.5. The fourth-order valence-electron chi connectivity index (χ4n) is 3.39. The molecule has 1 saturated heterocycles. The molecule has 1 N–H and O–H groups in total. The van der Waals surface area contributed by atoms with E-state index in [9.17, 15) is 9.59 Å². The number of urea groups is 1. The highest BCUT2D eigenvalue weighted by molar-refractivity contribution is 6.30. The first-order valence-electron chi connectivity index (χ1n) is 8.36. The van der Waals surface area contributed by atoms with Crippen LogP contribution in [0.4, 0.5) is 4.79 Å². The lowest BCUT2D eigenvalue weighted by atomic mass is 9.87. The molecule has 0 bridgehead atoms. The molecule has 2 aromatic heterocycles. The van der Waals surface area contributed by atoms with Gasteiger partial charge in [0, 0.05) is 12.4 Å². The maximum absolute atomic E-state index is 13.1. The summed E-state index contributed by atoms with van der Waals surface area (Å²) in [6.07, 6.45) is 3.98. The predicted octanol–water partition coefficient (Wildman–Crippen LogP) is 3.35. The fraction of sp³-hybridized carbons (Fsp3) is 0.211. The first-order valence-corrected chi connectivity index (χ1v) is 8.74. The molecule has 1 aromatic carbocycles. The summed E-state index contributed by atoms with van der Waals surface area (Å²) < 4.78 is 1.78. The Balaban J connectivity index is 1.66. The van der Waals surface area contributed by atoms with Crippen molar-refractivity contribution < 1.29 is 9.59 Å². The molecule has 132 valence electrons. The Bertz CT molecular complexity index is 1000. The summed E-state index contributed by atoms with van der Waals surface area (Å²) >= 11 is 5.99. The molecule has 6 nitrogen and oxygen atoms in total. The van der Waals surface area contributed by atoms with Crippen molar-refractivity contribution in [2.75, 3.05) is 0 Å². The van der Waals surface area contributed by atoms with Gasteiger partial charge in [0.2, 0.25) is 0 Å². The van der Waals surface area contributed by atoms with Crippen LogP contribution in [0.25, 0.3) is 5.65 Å². The van der Waals surface area contributed by atoms with Crippen LogP contribution >= 0.6 is 11.6 Å². The predicted molar refractivity (Wildman–Crippen MR) is 97.7 cm³/mol. The zero-order chi connectivity index (χ0) is 18.3. The summed E-state index contributed by atoms with van der Waals surface area (Å²) in [6.45, 7) is 2.00. The number of nitrogens with zero attached hydrogens (tertiary/aromatic N) is 3. The van der Waals surface area contributed by atoms with Crippen molar-refractivity contribution in [1.29, 1.82) is 0 Å². The van der Waals surface area contributed by atoms with Crippen LogP contribution in [-0.4, -0.2) is 26.2 Å². The van der Waals surface area contributed by atoms with Crippen LogP contribution in [0.1, 0.15) is 24.6 Å². The molecule has 26 heavy (non-hydrogen) atoms. The number of pyridine rings is 1. The molecule has 1 aliphatic rings. The molecule has 7 heteroatoms. The van der Waals surface area contributed by atoms with Crippen LogP contribution in [0, 0.1) is 0 Å². The van der Waals surface area contributed by atoms with Gasteiger partial charge in [-0.15, -0.1) is 0 Å². The number of benzene rings is 1. The normalized spacial score (nSPS) is 20.0. The Labute approximate surface area is 155 Å². The summed E-state index contributed by atoms with van der Waals surface area (Å²) in [6, 6.07) is 12.5. The minimum absolute atomic E-state index is 0.110. The van der Waals surface area contributed by atoms with Crippen molar-refractivity contribution in [3.05, 3.63) is 71.1 Å². The van der Waals surface area contributed by atoms with E-state index in [0.717, 1.165) is 5.56 Å². The second kappa shape index (κ2) is 6.14. The summed E-state index contributed by atoms with van der Waals surface area (Å²) in [4.78, 5) is 31.4. The number of halogens is 1. The van der Waals surface area contributed by atoms with Gasteiger partial charge in [0.05, 0.1) is 17.3 Å². The first-order chi connectivity index (χ1) is 12.5. The first kappa shape index (κ1) is 16.6. The zero-order valence-electron chi connectivity index (χ0n) is 14.1. The number of amides is 3. The maximum Gasteiger partial charge on any atom is 0.325 e. The number of aromatic nitrogens is 2. The molecule has 4 rings (SSSR count). The van der Waals surface area contributed by atoms with Gasteiger partial charge in [0.1, 0.15) is 11.2 Å². The lowest BCUT2D eigenvalue weighted by Crippen LogP contribution is -2.43. The monoisotopic (exact) mass is 368 g/mol. The smallest absolute Gasteiger partial charge is 0.319 e. The van der Waals surface area contributed by atoms with E-state index in [1.165, 1.54) is 4.90 Å². The Morgan fingerprint density at radius 3 is 2.62 bits per heavy atom. The molecule has 3 heterocycles. The number of rotatable bonds is 4. The number of hydrogen-bond acceptors (Lipinski definition) is 3. The molecule has 3 aromatic rings. The quantitative estimate of drug-likeness (QED) is 0.718. The van der Waals surface area contributed by atoms with E-state index in [0.29, 0.717) is 22.8 Å². The standard InChI is InChI=1S/C19H17ClN4O2/c1-2-19(13-6-4-3-5-7-13)17(25)24(18(26)22-19)12-15-11-23-10-14(20)8-9-16(23)21-15/h3-11H,2,12H2,1H3,(H,22,26)/t19-/m0/s1. The summed E-state index contributed by atoms with van der Waals surface area (Å²) in [5.41, 5.74) is 1.09. The summed E-state index contributed by atoms with van der Waals surface area (Å²) in [5, 5.41) is 3.47. The van der Waals surface area contributed by atoms with Gasteiger partial charge in [-0.25, -0.2) is 9.78 Å². The molecule has 1 aliphatic heterocycles. The van der Waals surface area contributed by atoms with Crippen LogP contribution in [0.2, 0.25) is 5.02 Å². The molecule has 0 radical (unpaired) electrons. The van der Waals surface area contributed by atoms with Gasteiger partial charge in [-0.05, 0) is 24.1 Å². The number of fused-ring (bicyclic) bond motifs is 1. The lowest BCUT2D eigenvalue weighted by Gasteiger charge is -2.25. The van der Waals surface area contributed by atoms with Crippen molar-refractivity contribution in [2.45, 2.75) is 25.4 Å². The maximum atomic E-state index is 13.1. The highest BCUT2D eigenvalue weighted by Crippen LogP contribution is 2.33. The fourth-order valence-corrected chi connectivity index (χ4v) is 3.56. The minimum atomic E-state index is -1.03. The van der Waals surface area contributed by atoms with Crippen LogP contribution < -0.4 is 5.32 Å². The molecule has 0 aliphatic carbocycles. The SMILES string of the molecule is CC[C@@]1(c2ccccc2)NC(=O)N(Cc2cn3cc(Cl)ccc3n2)C1=O.